The number of benzene rings is 1. The van der Waals surface area contributed by atoms with E-state index in [0.29, 0.717) is 6.54 Å². The number of carbonyl (C=O) groups is 1. The zero-order valence-corrected chi connectivity index (χ0v) is 12.2. The predicted molar refractivity (Wildman–Crippen MR) is 80.8 cm³/mol. The van der Waals surface area contributed by atoms with Gasteiger partial charge in [-0.25, -0.2) is 0 Å². The molecule has 1 atom stereocenters. The Bertz CT molecular complexity index is 418. The highest BCUT2D eigenvalue weighted by atomic mass is 16.2. The van der Waals surface area contributed by atoms with Crippen LogP contribution in [0.2, 0.25) is 0 Å². The van der Waals surface area contributed by atoms with Crippen LogP contribution in [0.1, 0.15) is 33.3 Å². The van der Waals surface area contributed by atoms with Crippen LogP contribution in [-0.2, 0) is 4.79 Å². The molecular weight excluding hydrogens is 236 g/mol. The molecule has 19 heavy (non-hydrogen) atoms. The SMILES string of the molecule is CC(NC/C=C/c1ccccc1)C(=O)NC(C)(C)C. The van der Waals surface area contributed by atoms with E-state index in [9.17, 15) is 4.79 Å². The smallest absolute Gasteiger partial charge is 0.237 e. The summed E-state index contributed by atoms with van der Waals surface area (Å²) in [5, 5.41) is 6.13. The molecule has 0 heterocycles. The molecule has 3 heteroatoms. The van der Waals surface area contributed by atoms with E-state index in [-0.39, 0.29) is 17.5 Å². The lowest BCUT2D eigenvalue weighted by molar-refractivity contribution is -0.124. The van der Waals surface area contributed by atoms with Gasteiger partial charge in [-0.2, -0.15) is 0 Å². The van der Waals surface area contributed by atoms with Crippen molar-refractivity contribution < 1.29 is 4.79 Å². The van der Waals surface area contributed by atoms with Gasteiger partial charge in [-0.3, -0.25) is 4.79 Å². The van der Waals surface area contributed by atoms with Crippen LogP contribution in [0.5, 0.6) is 0 Å². The lowest BCUT2D eigenvalue weighted by Gasteiger charge is -2.23. The standard InChI is InChI=1S/C16H24N2O/c1-13(15(19)18-16(2,3)4)17-12-8-11-14-9-6-5-7-10-14/h5-11,13,17H,12H2,1-4H3,(H,18,19)/b11-8+. The second-order valence-corrected chi connectivity index (χ2v) is 5.68. The summed E-state index contributed by atoms with van der Waals surface area (Å²) in [7, 11) is 0. The van der Waals surface area contributed by atoms with Crippen LogP contribution in [0, 0.1) is 0 Å². The molecule has 0 spiro atoms. The molecule has 0 aliphatic rings. The number of hydrogen-bond donors (Lipinski definition) is 2. The highest BCUT2D eigenvalue weighted by Gasteiger charge is 2.17. The lowest BCUT2D eigenvalue weighted by atomic mass is 10.1. The zero-order valence-electron chi connectivity index (χ0n) is 12.2. The van der Waals surface area contributed by atoms with Gasteiger partial charge in [-0.15, -0.1) is 0 Å². The third-order valence-electron chi connectivity index (χ3n) is 2.54. The monoisotopic (exact) mass is 260 g/mol. The van der Waals surface area contributed by atoms with E-state index in [1.165, 1.54) is 0 Å². The first-order valence-corrected chi connectivity index (χ1v) is 6.65. The van der Waals surface area contributed by atoms with E-state index in [2.05, 4.69) is 10.6 Å². The molecular formula is C16H24N2O. The van der Waals surface area contributed by atoms with Crippen LogP contribution in [0.25, 0.3) is 6.08 Å². The van der Waals surface area contributed by atoms with Gasteiger partial charge in [0, 0.05) is 12.1 Å². The normalized spacial score (nSPS) is 13.5. The fraction of sp³-hybridized carbons (Fsp3) is 0.438. The first-order chi connectivity index (χ1) is 8.88. The largest absolute Gasteiger partial charge is 0.350 e. The Labute approximate surface area is 116 Å². The minimum absolute atomic E-state index is 0.0283. The molecule has 104 valence electrons. The molecule has 0 saturated carbocycles. The minimum Gasteiger partial charge on any atom is -0.350 e. The molecule has 1 unspecified atom stereocenters. The Morgan fingerprint density at radius 3 is 2.47 bits per heavy atom. The average Bonchev–Trinajstić information content (AvgIpc) is 2.33. The van der Waals surface area contributed by atoms with Crippen molar-refractivity contribution in [2.24, 2.45) is 0 Å². The predicted octanol–water partition coefficient (Wildman–Crippen LogP) is 2.59. The summed E-state index contributed by atoms with van der Waals surface area (Å²) in [4.78, 5) is 11.8. The maximum atomic E-state index is 11.8. The Hall–Kier alpha value is -1.61. The Morgan fingerprint density at radius 1 is 1.26 bits per heavy atom. The lowest BCUT2D eigenvalue weighted by Crippen LogP contribution is -2.49. The van der Waals surface area contributed by atoms with Crippen LogP contribution >= 0.6 is 0 Å². The van der Waals surface area contributed by atoms with Gasteiger partial charge in [0.1, 0.15) is 0 Å². The van der Waals surface area contributed by atoms with Crippen molar-refractivity contribution in [2.75, 3.05) is 6.54 Å². The molecule has 1 aromatic carbocycles. The maximum Gasteiger partial charge on any atom is 0.237 e. The number of nitrogens with one attached hydrogen (secondary N) is 2. The second kappa shape index (κ2) is 7.10. The van der Waals surface area contributed by atoms with Crippen molar-refractivity contribution in [3.05, 3.63) is 42.0 Å². The Kier molecular flexibility index (Phi) is 5.77. The Morgan fingerprint density at radius 2 is 1.89 bits per heavy atom. The summed E-state index contributed by atoms with van der Waals surface area (Å²) in [6.07, 6.45) is 4.07. The quantitative estimate of drug-likeness (QED) is 0.854. The van der Waals surface area contributed by atoms with Crippen molar-refractivity contribution in [3.63, 3.8) is 0 Å². The van der Waals surface area contributed by atoms with Gasteiger partial charge in [0.25, 0.3) is 0 Å². The van der Waals surface area contributed by atoms with Gasteiger partial charge >= 0.3 is 0 Å². The summed E-state index contributed by atoms with van der Waals surface area (Å²) in [5.41, 5.74) is 0.975. The summed E-state index contributed by atoms with van der Waals surface area (Å²) in [5.74, 6) is 0.0283. The molecule has 1 rings (SSSR count). The molecule has 3 nitrogen and oxygen atoms in total. The number of hydrogen-bond acceptors (Lipinski definition) is 2. The summed E-state index contributed by atoms with van der Waals surface area (Å²) < 4.78 is 0. The van der Waals surface area contributed by atoms with Crippen molar-refractivity contribution in [1.82, 2.24) is 10.6 Å². The van der Waals surface area contributed by atoms with E-state index >= 15 is 0 Å². The second-order valence-electron chi connectivity index (χ2n) is 5.68. The molecule has 2 N–H and O–H groups in total. The van der Waals surface area contributed by atoms with Crippen LogP contribution in [0.4, 0.5) is 0 Å². The molecule has 0 aliphatic heterocycles. The van der Waals surface area contributed by atoms with Crippen LogP contribution < -0.4 is 10.6 Å². The van der Waals surface area contributed by atoms with Crippen molar-refractivity contribution >= 4 is 12.0 Å². The Balaban J connectivity index is 2.33. The molecule has 0 radical (unpaired) electrons. The van der Waals surface area contributed by atoms with Gasteiger partial charge in [-0.1, -0.05) is 42.5 Å². The molecule has 0 aromatic heterocycles. The van der Waals surface area contributed by atoms with Gasteiger partial charge in [0.05, 0.1) is 6.04 Å². The van der Waals surface area contributed by atoms with Gasteiger partial charge in [0.15, 0.2) is 0 Å². The van der Waals surface area contributed by atoms with Crippen LogP contribution in [0.15, 0.2) is 36.4 Å². The highest BCUT2D eigenvalue weighted by molar-refractivity contribution is 5.81. The maximum absolute atomic E-state index is 11.8. The van der Waals surface area contributed by atoms with Gasteiger partial charge < -0.3 is 10.6 Å². The van der Waals surface area contributed by atoms with Crippen molar-refractivity contribution in [2.45, 2.75) is 39.3 Å². The van der Waals surface area contributed by atoms with Gasteiger partial charge in [0.2, 0.25) is 5.91 Å². The molecule has 1 amide bonds. The number of amides is 1. The van der Waals surface area contributed by atoms with E-state index in [0.717, 1.165) is 5.56 Å². The topological polar surface area (TPSA) is 41.1 Å². The van der Waals surface area contributed by atoms with E-state index in [1.54, 1.807) is 0 Å². The third-order valence-corrected chi connectivity index (χ3v) is 2.54. The van der Waals surface area contributed by atoms with Crippen molar-refractivity contribution in [1.29, 1.82) is 0 Å². The first-order valence-electron chi connectivity index (χ1n) is 6.65. The van der Waals surface area contributed by atoms with Crippen LogP contribution in [-0.4, -0.2) is 24.0 Å². The van der Waals surface area contributed by atoms with Gasteiger partial charge in [-0.05, 0) is 33.3 Å². The highest BCUT2D eigenvalue weighted by Crippen LogP contribution is 2.01. The van der Waals surface area contributed by atoms with E-state index in [1.807, 2.05) is 70.2 Å². The zero-order chi connectivity index (χ0) is 14.3. The molecule has 0 saturated heterocycles. The van der Waals surface area contributed by atoms with E-state index < -0.39 is 0 Å². The fourth-order valence-corrected chi connectivity index (χ4v) is 1.57. The molecule has 0 bridgehead atoms. The first kappa shape index (κ1) is 15.4. The van der Waals surface area contributed by atoms with Crippen molar-refractivity contribution in [3.8, 4) is 0 Å². The van der Waals surface area contributed by atoms with E-state index in [4.69, 9.17) is 0 Å². The van der Waals surface area contributed by atoms with Crippen LogP contribution in [0.3, 0.4) is 0 Å². The number of carbonyl (C=O) groups excluding carboxylic acids is 1. The summed E-state index contributed by atoms with van der Waals surface area (Å²) in [6, 6.07) is 9.91. The minimum atomic E-state index is -0.195. The average molecular weight is 260 g/mol. The number of rotatable bonds is 5. The molecule has 0 fully saturated rings. The molecule has 0 aliphatic carbocycles. The third kappa shape index (κ3) is 6.77. The fourth-order valence-electron chi connectivity index (χ4n) is 1.57. The summed E-state index contributed by atoms with van der Waals surface area (Å²) in [6.45, 7) is 8.48. The molecule has 1 aromatic rings. The summed E-state index contributed by atoms with van der Waals surface area (Å²) >= 11 is 0.